The van der Waals surface area contributed by atoms with Gasteiger partial charge in [-0.05, 0) is 43.2 Å². The predicted octanol–water partition coefficient (Wildman–Crippen LogP) is 1.89. The second-order valence-electron chi connectivity index (χ2n) is 4.84. The van der Waals surface area contributed by atoms with Crippen molar-refractivity contribution in [3.05, 3.63) is 47.5 Å². The minimum absolute atomic E-state index is 0.317. The molecule has 0 aliphatic rings. The molecule has 4 N–H and O–H groups in total. The van der Waals surface area contributed by atoms with Crippen LogP contribution in [-0.4, -0.2) is 36.2 Å². The number of aromatic hydroxyl groups is 2. The second kappa shape index (κ2) is 7.18. The molecule has 2 aromatic carbocycles. The summed E-state index contributed by atoms with van der Waals surface area (Å²) in [6.45, 7) is 3.15. The molecule has 2 rings (SSSR count). The minimum Gasteiger partial charge on any atom is -0.506 e. The summed E-state index contributed by atoms with van der Waals surface area (Å²) in [6, 6.07) is 8.16. The van der Waals surface area contributed by atoms with Gasteiger partial charge in [-0.3, -0.25) is 9.11 Å². The predicted molar refractivity (Wildman–Crippen MR) is 85.3 cm³/mol. The van der Waals surface area contributed by atoms with E-state index in [2.05, 4.69) is 0 Å². The molecule has 0 aliphatic carbocycles. The fourth-order valence-electron chi connectivity index (χ4n) is 1.80. The van der Waals surface area contributed by atoms with Gasteiger partial charge in [-0.2, -0.15) is 16.8 Å². The van der Waals surface area contributed by atoms with E-state index in [1.807, 2.05) is 0 Å². The molecule has 0 radical (unpaired) electrons. The summed E-state index contributed by atoms with van der Waals surface area (Å²) in [5, 5.41) is 18.1. The maximum absolute atomic E-state index is 10.7. The summed E-state index contributed by atoms with van der Waals surface area (Å²) in [5.41, 5.74) is 0.970. The molecule has 0 atom stereocenters. The van der Waals surface area contributed by atoms with E-state index in [-0.39, 0.29) is 0 Å². The van der Waals surface area contributed by atoms with E-state index in [4.69, 9.17) is 19.3 Å². The summed E-state index contributed by atoms with van der Waals surface area (Å²) in [7, 11) is -8.62. The molecule has 0 aromatic heterocycles. The summed E-state index contributed by atoms with van der Waals surface area (Å²) < 4.78 is 59.8. The van der Waals surface area contributed by atoms with Gasteiger partial charge in [0.05, 0.1) is 0 Å². The van der Waals surface area contributed by atoms with Gasteiger partial charge in [0, 0.05) is 0 Å². The van der Waals surface area contributed by atoms with Gasteiger partial charge in [0.15, 0.2) is 0 Å². The van der Waals surface area contributed by atoms with Gasteiger partial charge in [0.25, 0.3) is 20.2 Å². The van der Waals surface area contributed by atoms with Crippen LogP contribution < -0.4 is 0 Å². The summed E-state index contributed by atoms with van der Waals surface area (Å²) in [4.78, 5) is -0.882. The third-order valence-electron chi connectivity index (χ3n) is 2.84. The van der Waals surface area contributed by atoms with E-state index in [0.717, 1.165) is 0 Å². The Kier molecular flexibility index (Phi) is 5.95. The van der Waals surface area contributed by atoms with E-state index >= 15 is 0 Å². The topological polar surface area (TPSA) is 149 Å². The van der Waals surface area contributed by atoms with Gasteiger partial charge >= 0.3 is 0 Å². The van der Waals surface area contributed by atoms with Crippen LogP contribution >= 0.6 is 0 Å². The zero-order chi connectivity index (χ0) is 18.7. The molecule has 10 heteroatoms. The van der Waals surface area contributed by atoms with Crippen LogP contribution in [0.1, 0.15) is 11.1 Å². The molecule has 24 heavy (non-hydrogen) atoms. The fraction of sp³-hybridized carbons (Fsp3) is 0.143. The molecule has 132 valence electrons. The van der Waals surface area contributed by atoms with Gasteiger partial charge in [-0.25, -0.2) is 0 Å². The summed E-state index contributed by atoms with van der Waals surface area (Å²) in [5.74, 6) is -0.874. The van der Waals surface area contributed by atoms with Gasteiger partial charge in [-0.15, -0.1) is 0 Å². The molecule has 8 nitrogen and oxygen atoms in total. The van der Waals surface area contributed by atoms with Crippen molar-refractivity contribution in [3.63, 3.8) is 0 Å². The van der Waals surface area contributed by atoms with Gasteiger partial charge in [-0.1, -0.05) is 18.2 Å². The van der Waals surface area contributed by atoms with Crippen molar-refractivity contribution in [2.24, 2.45) is 0 Å². The Hall–Kier alpha value is -2.14. The average molecular weight is 376 g/mol. The molecule has 0 unspecified atom stereocenters. The Morgan fingerprint density at radius 2 is 1.38 bits per heavy atom. The third-order valence-corrected chi connectivity index (χ3v) is 4.77. The van der Waals surface area contributed by atoms with Crippen LogP contribution in [0.5, 0.6) is 11.5 Å². The zero-order valence-electron chi connectivity index (χ0n) is 12.7. The highest BCUT2D eigenvalue weighted by Crippen LogP contribution is 2.25. The summed E-state index contributed by atoms with van der Waals surface area (Å²) in [6.07, 6.45) is 0. The first kappa shape index (κ1) is 19.9. The van der Waals surface area contributed by atoms with Crippen molar-refractivity contribution in [3.8, 4) is 11.5 Å². The van der Waals surface area contributed by atoms with Crippen LogP contribution in [0.15, 0.2) is 46.2 Å². The number of hydrogen-bond acceptors (Lipinski definition) is 6. The highest BCUT2D eigenvalue weighted by atomic mass is 32.2. The molecule has 0 saturated heterocycles. The number of aryl methyl sites for hydroxylation is 2. The van der Waals surface area contributed by atoms with Crippen LogP contribution in [0.2, 0.25) is 0 Å². The van der Waals surface area contributed by atoms with E-state index in [0.29, 0.717) is 11.1 Å². The Bertz CT molecular complexity index is 926. The second-order valence-corrected chi connectivity index (χ2v) is 7.59. The van der Waals surface area contributed by atoms with Crippen molar-refractivity contribution in [2.75, 3.05) is 0 Å². The maximum atomic E-state index is 10.7. The SMILES string of the molecule is Cc1ccc(O)c(S(=O)(=O)O)c1.Cc1cccc(O)c1S(=O)(=O)O. The number of hydrogen-bond donors (Lipinski definition) is 4. The molecule has 2 aromatic rings. The molecular formula is C14H16O8S2. The Morgan fingerprint density at radius 1 is 0.792 bits per heavy atom. The smallest absolute Gasteiger partial charge is 0.298 e. The van der Waals surface area contributed by atoms with E-state index < -0.39 is 41.5 Å². The van der Waals surface area contributed by atoms with Crippen LogP contribution in [-0.2, 0) is 20.2 Å². The monoisotopic (exact) mass is 376 g/mol. The largest absolute Gasteiger partial charge is 0.506 e. The average Bonchev–Trinajstić information content (AvgIpc) is 2.39. The highest BCUT2D eigenvalue weighted by Gasteiger charge is 2.17. The Morgan fingerprint density at radius 3 is 1.75 bits per heavy atom. The molecule has 0 heterocycles. The van der Waals surface area contributed by atoms with Crippen molar-refractivity contribution in [2.45, 2.75) is 23.6 Å². The van der Waals surface area contributed by atoms with Crippen molar-refractivity contribution >= 4 is 20.2 Å². The highest BCUT2D eigenvalue weighted by molar-refractivity contribution is 7.86. The van der Waals surface area contributed by atoms with Crippen molar-refractivity contribution in [1.82, 2.24) is 0 Å². The van der Waals surface area contributed by atoms with E-state index in [1.165, 1.54) is 37.3 Å². The van der Waals surface area contributed by atoms with Crippen LogP contribution in [0, 0.1) is 13.8 Å². The van der Waals surface area contributed by atoms with E-state index in [1.54, 1.807) is 13.0 Å². The quantitative estimate of drug-likeness (QED) is 0.581. The third kappa shape index (κ3) is 5.20. The Labute approximate surface area is 139 Å². The first-order chi connectivity index (χ1) is 10.8. The van der Waals surface area contributed by atoms with Crippen LogP contribution in [0.3, 0.4) is 0 Å². The lowest BCUT2D eigenvalue weighted by atomic mass is 10.2. The van der Waals surface area contributed by atoms with Gasteiger partial charge < -0.3 is 10.2 Å². The number of phenols is 2. The molecule has 0 fully saturated rings. The van der Waals surface area contributed by atoms with E-state index in [9.17, 15) is 16.8 Å². The van der Waals surface area contributed by atoms with Gasteiger partial charge in [0.2, 0.25) is 0 Å². The molecule has 0 amide bonds. The first-order valence-corrected chi connectivity index (χ1v) is 9.25. The molecule has 0 aliphatic heterocycles. The Balaban J connectivity index is 0.000000240. The zero-order valence-corrected chi connectivity index (χ0v) is 14.3. The lowest BCUT2D eigenvalue weighted by molar-refractivity contribution is 0.440. The molecular weight excluding hydrogens is 360 g/mol. The normalized spacial score (nSPS) is 11.5. The van der Waals surface area contributed by atoms with Gasteiger partial charge in [0.1, 0.15) is 21.3 Å². The molecule has 0 bridgehead atoms. The van der Waals surface area contributed by atoms with Crippen molar-refractivity contribution < 1.29 is 36.2 Å². The first-order valence-electron chi connectivity index (χ1n) is 6.37. The van der Waals surface area contributed by atoms with Crippen LogP contribution in [0.4, 0.5) is 0 Å². The number of benzene rings is 2. The minimum atomic E-state index is -4.31. The van der Waals surface area contributed by atoms with Crippen molar-refractivity contribution in [1.29, 1.82) is 0 Å². The number of phenolic OH excluding ortho intramolecular Hbond substituents is 2. The lowest BCUT2D eigenvalue weighted by Crippen LogP contribution is -2.00. The lowest BCUT2D eigenvalue weighted by Gasteiger charge is -2.03. The maximum Gasteiger partial charge on any atom is 0.298 e. The molecule has 0 saturated carbocycles. The van der Waals surface area contributed by atoms with Crippen LogP contribution in [0.25, 0.3) is 0 Å². The summed E-state index contributed by atoms with van der Waals surface area (Å²) >= 11 is 0. The fourth-order valence-corrected chi connectivity index (χ4v) is 3.27. The number of rotatable bonds is 2. The standard InChI is InChI=1S/2C7H8O4S/c1-5-2-3-6(8)7(4-5)12(9,10)11;1-5-3-2-4-6(8)7(5)12(9,10)11/h2*2-4,8H,1H3,(H,9,10,11). The molecule has 0 spiro atoms.